The fraction of sp³-hybridized carbons (Fsp3) is 0.0909. The van der Waals surface area contributed by atoms with Gasteiger partial charge in [-0.1, -0.05) is 42.2 Å². The van der Waals surface area contributed by atoms with Crippen molar-refractivity contribution in [1.82, 2.24) is 4.98 Å². The lowest BCUT2D eigenvalue weighted by Gasteiger charge is -1.97. The lowest BCUT2D eigenvalue weighted by atomic mass is 10.1. The number of hydrogen-bond donors (Lipinski definition) is 2. The minimum Gasteiger partial charge on any atom is -0.494 e. The Morgan fingerprint density at radius 3 is 2.94 bits per heavy atom. The van der Waals surface area contributed by atoms with Crippen LogP contribution in [0.1, 0.15) is 5.56 Å². The second-order valence-electron chi connectivity index (χ2n) is 3.51. The first-order valence-corrected chi connectivity index (χ1v) is 6.19. The molecule has 0 aliphatic carbocycles. The van der Waals surface area contributed by atoms with Crippen molar-refractivity contribution in [2.75, 3.05) is 5.75 Å². The molecule has 0 spiro atoms. The number of nitrogens with zero attached hydrogens (tertiary/aromatic N) is 1. The van der Waals surface area contributed by atoms with E-state index < -0.39 is 0 Å². The third-order valence-corrected chi connectivity index (χ3v) is 3.73. The molecule has 3 rings (SSSR count). The highest BCUT2D eigenvalue weighted by Gasteiger charge is 2.20. The molecular weight excluding hydrogens is 240 g/mol. The van der Waals surface area contributed by atoms with Gasteiger partial charge in [0.15, 0.2) is 10.2 Å². The van der Waals surface area contributed by atoms with Gasteiger partial charge in [0.1, 0.15) is 0 Å². The molecule has 2 aromatic rings. The van der Waals surface area contributed by atoms with Gasteiger partial charge in [-0.05, 0) is 6.07 Å². The summed E-state index contributed by atoms with van der Waals surface area (Å²) in [5, 5.41) is 10.9. The Hall–Kier alpha value is -1.33. The number of para-hydroxylation sites is 1. The van der Waals surface area contributed by atoms with Crippen LogP contribution in [0.25, 0.3) is 10.9 Å². The van der Waals surface area contributed by atoms with E-state index in [1.165, 1.54) is 11.8 Å². The molecule has 1 aromatic heterocycles. The van der Waals surface area contributed by atoms with Gasteiger partial charge in [0.05, 0.1) is 11.3 Å². The molecular formula is C11H8N2OS2. The molecule has 1 aliphatic rings. The molecule has 0 atom stereocenters. The Bertz CT molecular complexity index is 615. The van der Waals surface area contributed by atoms with Crippen LogP contribution in [0.3, 0.4) is 0 Å². The van der Waals surface area contributed by atoms with Crippen molar-refractivity contribution in [3.8, 4) is 5.88 Å². The topological polar surface area (TPSA) is 48.4 Å². The quantitative estimate of drug-likeness (QED) is 0.763. The number of aromatic amines is 1. The van der Waals surface area contributed by atoms with Crippen LogP contribution in [0.4, 0.5) is 0 Å². The van der Waals surface area contributed by atoms with Crippen LogP contribution < -0.4 is 0 Å². The normalized spacial score (nSPS) is 15.8. The van der Waals surface area contributed by atoms with Gasteiger partial charge in [0.2, 0.25) is 0 Å². The number of aromatic nitrogens is 1. The Morgan fingerprint density at radius 1 is 1.38 bits per heavy atom. The molecule has 80 valence electrons. The Kier molecular flexibility index (Phi) is 2.22. The average molecular weight is 248 g/mol. The van der Waals surface area contributed by atoms with Gasteiger partial charge in [0, 0.05) is 16.7 Å². The summed E-state index contributed by atoms with van der Waals surface area (Å²) in [4.78, 5) is 7.21. The minimum absolute atomic E-state index is 0.172. The zero-order valence-electron chi connectivity index (χ0n) is 8.23. The van der Waals surface area contributed by atoms with Crippen molar-refractivity contribution in [2.45, 2.75) is 0 Å². The molecule has 0 saturated heterocycles. The summed E-state index contributed by atoms with van der Waals surface area (Å²) in [5.41, 5.74) is 2.55. The monoisotopic (exact) mass is 248 g/mol. The second kappa shape index (κ2) is 3.61. The van der Waals surface area contributed by atoms with E-state index in [0.717, 1.165) is 27.9 Å². The van der Waals surface area contributed by atoms with Crippen molar-refractivity contribution < 1.29 is 5.11 Å². The molecule has 0 fully saturated rings. The van der Waals surface area contributed by atoms with Crippen LogP contribution in [0.15, 0.2) is 29.3 Å². The number of benzene rings is 1. The first-order chi connectivity index (χ1) is 7.75. The van der Waals surface area contributed by atoms with E-state index in [0.29, 0.717) is 4.32 Å². The van der Waals surface area contributed by atoms with Gasteiger partial charge >= 0.3 is 0 Å². The van der Waals surface area contributed by atoms with Gasteiger partial charge < -0.3 is 10.1 Å². The molecule has 3 nitrogen and oxygen atoms in total. The fourth-order valence-corrected chi connectivity index (χ4v) is 2.78. The first-order valence-electron chi connectivity index (χ1n) is 4.80. The summed E-state index contributed by atoms with van der Waals surface area (Å²) in [6.45, 7) is 0. The average Bonchev–Trinajstić information content (AvgIpc) is 2.80. The summed E-state index contributed by atoms with van der Waals surface area (Å²) in [5.74, 6) is 0.902. The third kappa shape index (κ3) is 1.44. The van der Waals surface area contributed by atoms with E-state index in [1.54, 1.807) is 0 Å². The highest BCUT2D eigenvalue weighted by molar-refractivity contribution is 8.23. The highest BCUT2D eigenvalue weighted by Crippen LogP contribution is 2.31. The van der Waals surface area contributed by atoms with E-state index in [1.807, 2.05) is 24.3 Å². The number of thiocarbonyl (C=S) groups is 1. The van der Waals surface area contributed by atoms with Gasteiger partial charge in [-0.15, -0.1) is 0 Å². The zero-order chi connectivity index (χ0) is 11.1. The fourth-order valence-electron chi connectivity index (χ4n) is 1.85. The molecule has 16 heavy (non-hydrogen) atoms. The molecule has 2 N–H and O–H groups in total. The molecule has 0 bridgehead atoms. The number of H-pyrrole nitrogens is 1. The molecule has 2 heterocycles. The predicted molar refractivity (Wildman–Crippen MR) is 71.6 cm³/mol. The summed E-state index contributed by atoms with van der Waals surface area (Å²) in [6.07, 6.45) is 0. The molecule has 0 radical (unpaired) electrons. The maximum atomic E-state index is 9.89. The van der Waals surface area contributed by atoms with Crippen molar-refractivity contribution in [3.63, 3.8) is 0 Å². The van der Waals surface area contributed by atoms with Crippen LogP contribution in [0.2, 0.25) is 0 Å². The van der Waals surface area contributed by atoms with Crippen LogP contribution in [-0.4, -0.2) is 25.9 Å². The van der Waals surface area contributed by atoms with Crippen molar-refractivity contribution in [2.24, 2.45) is 4.99 Å². The number of nitrogens with one attached hydrogen (secondary N) is 1. The zero-order valence-corrected chi connectivity index (χ0v) is 9.86. The lowest BCUT2D eigenvalue weighted by molar-refractivity contribution is 0.457. The predicted octanol–water partition coefficient (Wildman–Crippen LogP) is 2.69. The maximum Gasteiger partial charge on any atom is 0.198 e. The first kappa shape index (κ1) is 9.86. The van der Waals surface area contributed by atoms with Crippen LogP contribution in [0, 0.1) is 0 Å². The molecule has 5 heteroatoms. The number of aromatic hydroxyl groups is 1. The van der Waals surface area contributed by atoms with Gasteiger partial charge in [-0.2, -0.15) is 0 Å². The van der Waals surface area contributed by atoms with Crippen molar-refractivity contribution in [1.29, 1.82) is 0 Å². The third-order valence-electron chi connectivity index (χ3n) is 2.53. The van der Waals surface area contributed by atoms with E-state index in [-0.39, 0.29) is 5.88 Å². The standard InChI is InChI=1S/C11H8N2OS2/c14-10-9(8-5-16-11(15)13-8)6-3-1-2-4-7(6)12-10/h1-4,12,14H,5H2. The second-order valence-corrected chi connectivity index (χ2v) is 5.12. The largest absolute Gasteiger partial charge is 0.494 e. The molecule has 0 unspecified atom stereocenters. The minimum atomic E-state index is 0.172. The van der Waals surface area contributed by atoms with Gasteiger partial charge in [-0.3, -0.25) is 0 Å². The van der Waals surface area contributed by atoms with E-state index >= 15 is 0 Å². The molecule has 1 aliphatic heterocycles. The Balaban J connectivity index is 2.27. The molecule has 1 aromatic carbocycles. The highest BCUT2D eigenvalue weighted by atomic mass is 32.2. The number of rotatable bonds is 1. The van der Waals surface area contributed by atoms with Crippen molar-refractivity contribution in [3.05, 3.63) is 29.8 Å². The van der Waals surface area contributed by atoms with Crippen LogP contribution in [-0.2, 0) is 0 Å². The number of aliphatic imine (C=N–C) groups is 1. The summed E-state index contributed by atoms with van der Waals surface area (Å²) < 4.78 is 0.639. The van der Waals surface area contributed by atoms with Crippen LogP contribution in [0.5, 0.6) is 5.88 Å². The lowest BCUT2D eigenvalue weighted by Crippen LogP contribution is -1.98. The summed E-state index contributed by atoms with van der Waals surface area (Å²) in [6, 6.07) is 7.77. The Labute approximate surface area is 102 Å². The smallest absolute Gasteiger partial charge is 0.198 e. The summed E-state index contributed by atoms with van der Waals surface area (Å²) in [7, 11) is 0. The van der Waals surface area contributed by atoms with Crippen LogP contribution >= 0.6 is 24.0 Å². The molecule has 0 amide bonds. The van der Waals surface area contributed by atoms with Gasteiger partial charge in [-0.25, -0.2) is 4.99 Å². The summed E-state index contributed by atoms with van der Waals surface area (Å²) >= 11 is 6.54. The van der Waals surface area contributed by atoms with Gasteiger partial charge in [0.25, 0.3) is 0 Å². The number of fused-ring (bicyclic) bond motifs is 1. The SMILES string of the molecule is Oc1[nH]c2ccccc2c1C1=NC(=S)SC1. The number of thioether (sulfide) groups is 1. The number of hydrogen-bond acceptors (Lipinski definition) is 3. The molecule has 0 saturated carbocycles. The maximum absolute atomic E-state index is 9.89. The van der Waals surface area contributed by atoms with E-state index in [4.69, 9.17) is 12.2 Å². The Morgan fingerprint density at radius 2 is 2.19 bits per heavy atom. The van der Waals surface area contributed by atoms with E-state index in [9.17, 15) is 5.11 Å². The van der Waals surface area contributed by atoms with E-state index in [2.05, 4.69) is 9.98 Å². The van der Waals surface area contributed by atoms with Crippen molar-refractivity contribution >= 4 is 44.9 Å².